The van der Waals surface area contributed by atoms with Gasteiger partial charge in [0.15, 0.2) is 0 Å². The fourth-order valence-electron chi connectivity index (χ4n) is 2.78. The monoisotopic (exact) mass is 362 g/mol. The van der Waals surface area contributed by atoms with Gasteiger partial charge >= 0.3 is 6.03 Å². The van der Waals surface area contributed by atoms with E-state index in [0.717, 1.165) is 11.4 Å². The summed E-state index contributed by atoms with van der Waals surface area (Å²) < 4.78 is 0. The number of pyridine rings is 1. The second-order valence-corrected chi connectivity index (χ2v) is 7.06. The molecule has 26 heavy (non-hydrogen) atoms. The number of urea groups is 1. The average molecular weight is 362 g/mol. The van der Waals surface area contributed by atoms with E-state index in [2.05, 4.69) is 20.5 Å². The van der Waals surface area contributed by atoms with Crippen LogP contribution in [0.3, 0.4) is 0 Å². The molecule has 0 atom stereocenters. The molecule has 0 bridgehead atoms. The first-order valence-corrected chi connectivity index (χ1v) is 9.02. The number of hydrogen-bond acceptors (Lipinski definition) is 5. The van der Waals surface area contributed by atoms with E-state index in [1.165, 1.54) is 0 Å². The lowest BCUT2D eigenvalue weighted by atomic mass is 10.2. The fraction of sp³-hybridized carbons (Fsp3) is 0.611. The molecule has 2 N–H and O–H groups in total. The molecule has 2 rings (SSSR count). The zero-order chi connectivity index (χ0) is 19.1. The number of rotatable bonds is 6. The molecule has 144 valence electrons. The highest BCUT2D eigenvalue weighted by Gasteiger charge is 2.22. The number of carbonyl (C=O) groups is 2. The lowest BCUT2D eigenvalue weighted by Gasteiger charge is -2.34. The van der Waals surface area contributed by atoms with Gasteiger partial charge in [0.1, 0.15) is 5.82 Å². The molecular weight excluding hydrogens is 332 g/mol. The van der Waals surface area contributed by atoms with Crippen LogP contribution in [0.2, 0.25) is 0 Å². The first-order chi connectivity index (χ1) is 12.3. The van der Waals surface area contributed by atoms with Gasteiger partial charge in [0.25, 0.3) is 0 Å². The third kappa shape index (κ3) is 6.18. The Hall–Kier alpha value is -2.35. The summed E-state index contributed by atoms with van der Waals surface area (Å²) in [6.07, 6.45) is 1.75. The Balaban J connectivity index is 1.74. The molecular formula is C18H30N6O2. The van der Waals surface area contributed by atoms with Crippen molar-refractivity contribution in [2.45, 2.75) is 26.4 Å². The molecule has 1 saturated heterocycles. The Bertz CT molecular complexity index is 611. The predicted octanol–water partition coefficient (Wildman–Crippen LogP) is 0.499. The van der Waals surface area contributed by atoms with Gasteiger partial charge in [0.05, 0.1) is 6.54 Å². The number of piperazine rings is 1. The molecule has 8 heteroatoms. The molecule has 0 unspecified atom stereocenters. The lowest BCUT2D eigenvalue weighted by molar-refractivity contribution is -0.123. The first-order valence-electron chi connectivity index (χ1n) is 9.02. The molecule has 1 aromatic rings. The van der Waals surface area contributed by atoms with Gasteiger partial charge in [0, 0.05) is 59.1 Å². The highest BCUT2D eigenvalue weighted by Crippen LogP contribution is 2.09. The maximum Gasteiger partial charge on any atom is 0.317 e. The van der Waals surface area contributed by atoms with Gasteiger partial charge in [-0.15, -0.1) is 0 Å². The molecule has 1 aliphatic heterocycles. The Morgan fingerprint density at radius 1 is 1.23 bits per heavy atom. The quantitative estimate of drug-likeness (QED) is 0.770. The van der Waals surface area contributed by atoms with Crippen LogP contribution in [-0.2, 0) is 11.3 Å². The Morgan fingerprint density at radius 3 is 2.54 bits per heavy atom. The minimum absolute atomic E-state index is 0.0345. The Morgan fingerprint density at radius 2 is 1.92 bits per heavy atom. The van der Waals surface area contributed by atoms with E-state index in [9.17, 15) is 9.59 Å². The molecule has 1 aromatic heterocycles. The van der Waals surface area contributed by atoms with Gasteiger partial charge in [-0.05, 0) is 31.5 Å². The fourth-order valence-corrected chi connectivity index (χ4v) is 2.78. The number of amides is 3. The zero-order valence-corrected chi connectivity index (χ0v) is 16.2. The van der Waals surface area contributed by atoms with E-state index in [1.54, 1.807) is 11.1 Å². The number of aromatic nitrogens is 1. The second kappa shape index (κ2) is 9.38. The van der Waals surface area contributed by atoms with Crippen molar-refractivity contribution < 1.29 is 9.59 Å². The predicted molar refractivity (Wildman–Crippen MR) is 102 cm³/mol. The SMILES string of the molecule is CC(C)NC(=O)CN1CCN(C(=O)NCc2ccnc(N(C)C)c2)CC1. The van der Waals surface area contributed by atoms with Crippen molar-refractivity contribution in [1.82, 2.24) is 25.4 Å². The number of nitrogens with one attached hydrogen (secondary N) is 2. The topological polar surface area (TPSA) is 80.8 Å². The van der Waals surface area contributed by atoms with Crippen LogP contribution in [0.4, 0.5) is 10.6 Å². The summed E-state index contributed by atoms with van der Waals surface area (Å²) in [5, 5.41) is 5.85. The minimum atomic E-state index is -0.0699. The molecule has 3 amide bonds. The van der Waals surface area contributed by atoms with Crippen molar-refractivity contribution >= 4 is 17.8 Å². The van der Waals surface area contributed by atoms with Crippen LogP contribution in [0.25, 0.3) is 0 Å². The third-order valence-corrected chi connectivity index (χ3v) is 4.19. The number of carbonyl (C=O) groups excluding carboxylic acids is 2. The van der Waals surface area contributed by atoms with Crippen LogP contribution < -0.4 is 15.5 Å². The van der Waals surface area contributed by atoms with E-state index < -0.39 is 0 Å². The van der Waals surface area contributed by atoms with Crippen LogP contribution >= 0.6 is 0 Å². The van der Waals surface area contributed by atoms with Crippen molar-refractivity contribution in [3.05, 3.63) is 23.9 Å². The maximum absolute atomic E-state index is 12.4. The summed E-state index contributed by atoms with van der Waals surface area (Å²) in [5.74, 6) is 0.900. The van der Waals surface area contributed by atoms with Crippen molar-refractivity contribution in [1.29, 1.82) is 0 Å². The van der Waals surface area contributed by atoms with Gasteiger partial charge in [-0.25, -0.2) is 9.78 Å². The summed E-state index contributed by atoms with van der Waals surface area (Å²) in [5.41, 5.74) is 1.01. The standard InChI is InChI=1S/C18H30N6O2/c1-14(2)21-17(25)13-23-7-9-24(10-8-23)18(26)20-12-15-5-6-19-16(11-15)22(3)4/h5-6,11,14H,7-10,12-13H2,1-4H3,(H,20,26)(H,21,25). The number of nitrogens with zero attached hydrogens (tertiary/aromatic N) is 4. The van der Waals surface area contributed by atoms with Gasteiger partial charge in [-0.2, -0.15) is 0 Å². The van der Waals surface area contributed by atoms with Gasteiger partial charge in [-0.3, -0.25) is 9.69 Å². The molecule has 1 fully saturated rings. The first kappa shape index (κ1) is 20.0. The smallest absolute Gasteiger partial charge is 0.317 e. The van der Waals surface area contributed by atoms with Crippen molar-refractivity contribution in [3.8, 4) is 0 Å². The van der Waals surface area contributed by atoms with E-state index in [4.69, 9.17) is 0 Å². The van der Waals surface area contributed by atoms with Gasteiger partial charge in [0.2, 0.25) is 5.91 Å². The highest BCUT2D eigenvalue weighted by molar-refractivity contribution is 5.78. The third-order valence-electron chi connectivity index (χ3n) is 4.19. The van der Waals surface area contributed by atoms with Crippen LogP contribution in [0.1, 0.15) is 19.4 Å². The molecule has 2 heterocycles. The summed E-state index contributed by atoms with van der Waals surface area (Å²) in [6.45, 7) is 7.42. The zero-order valence-electron chi connectivity index (χ0n) is 16.2. The van der Waals surface area contributed by atoms with E-state index in [1.807, 2.05) is 45.0 Å². The van der Waals surface area contributed by atoms with Crippen LogP contribution in [0, 0.1) is 0 Å². The molecule has 0 radical (unpaired) electrons. The highest BCUT2D eigenvalue weighted by atomic mass is 16.2. The van der Waals surface area contributed by atoms with Crippen LogP contribution in [0.15, 0.2) is 18.3 Å². The molecule has 0 spiro atoms. The summed E-state index contributed by atoms with van der Waals surface area (Å²) >= 11 is 0. The maximum atomic E-state index is 12.4. The summed E-state index contributed by atoms with van der Waals surface area (Å²) in [7, 11) is 3.87. The molecule has 0 aliphatic carbocycles. The van der Waals surface area contributed by atoms with E-state index in [-0.39, 0.29) is 18.0 Å². The Labute approximate surface area is 155 Å². The van der Waals surface area contributed by atoms with Crippen molar-refractivity contribution in [2.24, 2.45) is 0 Å². The Kier molecular flexibility index (Phi) is 7.20. The number of hydrogen-bond donors (Lipinski definition) is 2. The second-order valence-electron chi connectivity index (χ2n) is 7.06. The number of anilines is 1. The normalized spacial score (nSPS) is 15.0. The van der Waals surface area contributed by atoms with Gasteiger partial charge in [-0.1, -0.05) is 0 Å². The summed E-state index contributed by atoms with van der Waals surface area (Å²) in [6, 6.07) is 3.94. The van der Waals surface area contributed by atoms with E-state index >= 15 is 0 Å². The molecule has 0 saturated carbocycles. The van der Waals surface area contributed by atoms with Crippen LogP contribution in [-0.4, -0.2) is 79.6 Å². The largest absolute Gasteiger partial charge is 0.363 e. The molecule has 0 aromatic carbocycles. The van der Waals surface area contributed by atoms with E-state index in [0.29, 0.717) is 39.3 Å². The lowest BCUT2D eigenvalue weighted by Crippen LogP contribution is -2.53. The molecule has 1 aliphatic rings. The van der Waals surface area contributed by atoms with Crippen molar-refractivity contribution in [3.63, 3.8) is 0 Å². The van der Waals surface area contributed by atoms with Crippen molar-refractivity contribution in [2.75, 3.05) is 51.7 Å². The van der Waals surface area contributed by atoms with Crippen LogP contribution in [0.5, 0.6) is 0 Å². The minimum Gasteiger partial charge on any atom is -0.363 e. The molecule has 8 nitrogen and oxygen atoms in total. The summed E-state index contributed by atoms with van der Waals surface area (Å²) in [4.78, 5) is 34.2. The average Bonchev–Trinajstić information content (AvgIpc) is 2.59. The van der Waals surface area contributed by atoms with Gasteiger partial charge < -0.3 is 20.4 Å².